The number of nitrogens with one attached hydrogen (secondary N) is 1. The SMILES string of the molecule is CNc1ncc(-c2cc3cc(CC(=O)c4ccnc(N5CCN(C(C)C)CC5)c4)ncc3cn2)s1. The second-order valence-corrected chi connectivity index (χ2v) is 10.0. The molecule has 1 N–H and O–H groups in total. The lowest BCUT2D eigenvalue weighted by molar-refractivity contribution is 0.0992. The van der Waals surface area contributed by atoms with Crippen LogP contribution in [0, 0.1) is 0 Å². The average Bonchev–Trinajstić information content (AvgIpc) is 3.38. The first-order valence-corrected chi connectivity index (χ1v) is 12.7. The molecule has 9 heteroatoms. The van der Waals surface area contributed by atoms with E-state index in [1.807, 2.05) is 37.6 Å². The van der Waals surface area contributed by atoms with Crippen LogP contribution in [0.25, 0.3) is 21.3 Å². The monoisotopic (exact) mass is 487 g/mol. The van der Waals surface area contributed by atoms with E-state index in [1.165, 1.54) is 0 Å². The molecule has 0 radical (unpaired) electrons. The van der Waals surface area contributed by atoms with Gasteiger partial charge in [0.2, 0.25) is 0 Å². The van der Waals surface area contributed by atoms with E-state index in [1.54, 1.807) is 29.8 Å². The molecule has 5 heterocycles. The molecular formula is C26H29N7OS. The van der Waals surface area contributed by atoms with Gasteiger partial charge in [-0.25, -0.2) is 9.97 Å². The lowest BCUT2D eigenvalue weighted by Crippen LogP contribution is -2.49. The molecule has 0 amide bonds. The van der Waals surface area contributed by atoms with Gasteiger partial charge < -0.3 is 10.2 Å². The molecule has 5 rings (SSSR count). The molecule has 0 spiro atoms. The van der Waals surface area contributed by atoms with Crippen LogP contribution in [0.5, 0.6) is 0 Å². The Morgan fingerprint density at radius 3 is 2.54 bits per heavy atom. The molecule has 0 saturated carbocycles. The third-order valence-electron chi connectivity index (χ3n) is 6.41. The summed E-state index contributed by atoms with van der Waals surface area (Å²) in [7, 11) is 1.85. The summed E-state index contributed by atoms with van der Waals surface area (Å²) in [5.74, 6) is 0.906. The number of ketones is 1. The van der Waals surface area contributed by atoms with Gasteiger partial charge in [0.1, 0.15) is 5.82 Å². The Balaban J connectivity index is 1.31. The molecule has 1 aliphatic heterocycles. The molecule has 35 heavy (non-hydrogen) atoms. The van der Waals surface area contributed by atoms with E-state index in [4.69, 9.17) is 0 Å². The van der Waals surface area contributed by atoms with Crippen LogP contribution in [0.15, 0.2) is 49.1 Å². The standard InChI is InChI=1S/C26H29N7OS/c1-17(2)32-6-8-33(9-7-32)25-12-18(4-5-28-25)23(34)13-21-10-19-11-22(30-15-20(19)14-29-21)24-16-31-26(27-3)35-24/h4-5,10-12,14-17H,6-9,13H2,1-3H3,(H,27,31). The molecule has 1 fully saturated rings. The Morgan fingerprint density at radius 1 is 1.00 bits per heavy atom. The fourth-order valence-electron chi connectivity index (χ4n) is 4.32. The van der Waals surface area contributed by atoms with E-state index in [-0.39, 0.29) is 12.2 Å². The summed E-state index contributed by atoms with van der Waals surface area (Å²) in [5.41, 5.74) is 2.27. The number of nitrogens with zero attached hydrogens (tertiary/aromatic N) is 6. The molecule has 1 aliphatic rings. The highest BCUT2D eigenvalue weighted by Gasteiger charge is 2.20. The number of rotatable bonds is 7. The van der Waals surface area contributed by atoms with Gasteiger partial charge in [0.25, 0.3) is 0 Å². The lowest BCUT2D eigenvalue weighted by Gasteiger charge is -2.37. The van der Waals surface area contributed by atoms with Crippen molar-refractivity contribution in [3.63, 3.8) is 0 Å². The molecule has 0 bridgehead atoms. The molecule has 4 aromatic rings. The van der Waals surface area contributed by atoms with Crippen molar-refractivity contribution < 1.29 is 4.79 Å². The van der Waals surface area contributed by atoms with Gasteiger partial charge in [-0.1, -0.05) is 11.3 Å². The molecule has 180 valence electrons. The minimum Gasteiger partial charge on any atom is -0.365 e. The Morgan fingerprint density at radius 2 is 1.80 bits per heavy atom. The highest BCUT2D eigenvalue weighted by molar-refractivity contribution is 7.18. The van der Waals surface area contributed by atoms with E-state index in [0.717, 1.165) is 64.2 Å². The minimum atomic E-state index is 0.0386. The summed E-state index contributed by atoms with van der Waals surface area (Å²) >= 11 is 1.55. The normalized spacial score (nSPS) is 14.6. The molecule has 0 atom stereocenters. The quantitative estimate of drug-likeness (QED) is 0.389. The number of aromatic nitrogens is 4. The average molecular weight is 488 g/mol. The zero-order valence-corrected chi connectivity index (χ0v) is 21.0. The number of piperazine rings is 1. The van der Waals surface area contributed by atoms with E-state index in [2.05, 4.69) is 48.9 Å². The van der Waals surface area contributed by atoms with Crippen LogP contribution in [0.4, 0.5) is 10.9 Å². The minimum absolute atomic E-state index is 0.0386. The van der Waals surface area contributed by atoms with Gasteiger partial charge in [0.05, 0.1) is 17.0 Å². The number of hydrogen-bond donors (Lipinski definition) is 1. The van der Waals surface area contributed by atoms with Gasteiger partial charge in [0.15, 0.2) is 10.9 Å². The summed E-state index contributed by atoms with van der Waals surface area (Å²) in [4.78, 5) is 36.8. The third kappa shape index (κ3) is 5.16. The number of Topliss-reactive ketones (excluding diaryl/α,β-unsaturated/α-hetero) is 1. The van der Waals surface area contributed by atoms with Crippen molar-refractivity contribution in [3.8, 4) is 10.6 Å². The fourth-order valence-corrected chi connectivity index (χ4v) is 5.06. The van der Waals surface area contributed by atoms with Crippen LogP contribution in [0.1, 0.15) is 29.9 Å². The van der Waals surface area contributed by atoms with Crippen LogP contribution >= 0.6 is 11.3 Å². The lowest BCUT2D eigenvalue weighted by atomic mass is 10.1. The Kier molecular flexibility index (Phi) is 6.70. The summed E-state index contributed by atoms with van der Waals surface area (Å²) in [6, 6.07) is 8.26. The predicted octanol–water partition coefficient (Wildman–Crippen LogP) is 4.15. The molecule has 1 saturated heterocycles. The smallest absolute Gasteiger partial charge is 0.182 e. The zero-order chi connectivity index (χ0) is 24.4. The maximum absolute atomic E-state index is 13.1. The van der Waals surface area contributed by atoms with Crippen molar-refractivity contribution in [2.75, 3.05) is 43.4 Å². The first-order chi connectivity index (χ1) is 17.0. The number of pyridine rings is 3. The zero-order valence-electron chi connectivity index (χ0n) is 20.2. The number of anilines is 2. The molecule has 4 aromatic heterocycles. The van der Waals surface area contributed by atoms with Crippen molar-refractivity contribution in [1.82, 2.24) is 24.8 Å². The number of thiazole rings is 1. The summed E-state index contributed by atoms with van der Waals surface area (Å²) < 4.78 is 0. The Bertz CT molecular complexity index is 1340. The van der Waals surface area contributed by atoms with Crippen molar-refractivity contribution in [1.29, 1.82) is 0 Å². The summed E-state index contributed by atoms with van der Waals surface area (Å²) in [6.07, 6.45) is 7.39. The van der Waals surface area contributed by atoms with Gasteiger partial charge in [-0.3, -0.25) is 19.7 Å². The largest absolute Gasteiger partial charge is 0.365 e. The third-order valence-corrected chi connectivity index (χ3v) is 7.45. The second-order valence-electron chi connectivity index (χ2n) is 8.99. The van der Waals surface area contributed by atoms with Gasteiger partial charge >= 0.3 is 0 Å². The van der Waals surface area contributed by atoms with E-state index in [0.29, 0.717) is 11.6 Å². The first kappa shape index (κ1) is 23.3. The van der Waals surface area contributed by atoms with Gasteiger partial charge in [-0.05, 0) is 43.5 Å². The number of carbonyl (C=O) groups excluding carboxylic acids is 1. The predicted molar refractivity (Wildman–Crippen MR) is 141 cm³/mol. The number of fused-ring (bicyclic) bond motifs is 1. The molecular weight excluding hydrogens is 458 g/mol. The second kappa shape index (κ2) is 10.1. The van der Waals surface area contributed by atoms with Gasteiger partial charge in [-0.2, -0.15) is 0 Å². The van der Waals surface area contributed by atoms with E-state index in [9.17, 15) is 4.79 Å². The number of carbonyl (C=O) groups is 1. The highest BCUT2D eigenvalue weighted by atomic mass is 32.1. The van der Waals surface area contributed by atoms with Crippen LogP contribution in [-0.2, 0) is 6.42 Å². The van der Waals surface area contributed by atoms with Crippen LogP contribution in [0.3, 0.4) is 0 Å². The molecule has 0 aromatic carbocycles. The Labute approximate surface area is 209 Å². The van der Waals surface area contributed by atoms with Crippen molar-refractivity contribution in [2.45, 2.75) is 26.3 Å². The van der Waals surface area contributed by atoms with Crippen LogP contribution in [0.2, 0.25) is 0 Å². The highest BCUT2D eigenvalue weighted by Crippen LogP contribution is 2.29. The van der Waals surface area contributed by atoms with E-state index < -0.39 is 0 Å². The topological polar surface area (TPSA) is 87.1 Å². The van der Waals surface area contributed by atoms with Crippen LogP contribution < -0.4 is 10.2 Å². The van der Waals surface area contributed by atoms with Gasteiger partial charge in [0, 0.05) is 80.7 Å². The Hall–Kier alpha value is -3.43. The summed E-state index contributed by atoms with van der Waals surface area (Å²) in [5, 5.41) is 5.85. The van der Waals surface area contributed by atoms with E-state index >= 15 is 0 Å². The van der Waals surface area contributed by atoms with Crippen molar-refractivity contribution in [3.05, 3.63) is 60.3 Å². The molecule has 0 unspecified atom stereocenters. The number of hydrogen-bond acceptors (Lipinski definition) is 9. The van der Waals surface area contributed by atoms with Gasteiger partial charge in [-0.15, -0.1) is 0 Å². The fraction of sp³-hybridized carbons (Fsp3) is 0.346. The molecule has 0 aliphatic carbocycles. The first-order valence-electron chi connectivity index (χ1n) is 11.9. The maximum atomic E-state index is 13.1. The maximum Gasteiger partial charge on any atom is 0.182 e. The van der Waals surface area contributed by atoms with Crippen LogP contribution in [-0.4, -0.2) is 69.9 Å². The van der Waals surface area contributed by atoms with Crippen molar-refractivity contribution >= 4 is 38.8 Å². The molecule has 8 nitrogen and oxygen atoms in total. The van der Waals surface area contributed by atoms with Crippen molar-refractivity contribution in [2.24, 2.45) is 0 Å². The summed E-state index contributed by atoms with van der Waals surface area (Å²) in [6.45, 7) is 8.30.